The minimum atomic E-state index is -0.297. The summed E-state index contributed by atoms with van der Waals surface area (Å²) in [5.74, 6) is 2.34. The van der Waals surface area contributed by atoms with Crippen LogP contribution in [0.2, 0.25) is 5.02 Å². The van der Waals surface area contributed by atoms with Crippen LogP contribution in [0.25, 0.3) is 17.1 Å². The first-order chi connectivity index (χ1) is 21.5. The second kappa shape index (κ2) is 15.1. The molecule has 0 aliphatic carbocycles. The molecule has 1 N–H and O–H groups in total. The van der Waals surface area contributed by atoms with Crippen LogP contribution in [0.1, 0.15) is 18.1 Å². The lowest BCUT2D eigenvalue weighted by Gasteiger charge is -2.12. The van der Waals surface area contributed by atoms with Crippen LogP contribution >= 0.6 is 23.4 Å². The fraction of sp³-hybridized carbons (Fsp3) is 0.152. The summed E-state index contributed by atoms with van der Waals surface area (Å²) in [5.41, 5.74) is 6.03. The number of ether oxygens (including phenoxy) is 3. The van der Waals surface area contributed by atoms with Crippen molar-refractivity contribution < 1.29 is 19.0 Å². The smallest absolute Gasteiger partial charge is 0.250 e. The van der Waals surface area contributed by atoms with E-state index in [-0.39, 0.29) is 11.7 Å². The number of rotatable bonds is 13. The van der Waals surface area contributed by atoms with E-state index in [1.807, 2.05) is 90.4 Å². The maximum absolute atomic E-state index is 12.7. The van der Waals surface area contributed by atoms with Gasteiger partial charge >= 0.3 is 0 Å². The van der Waals surface area contributed by atoms with Crippen molar-refractivity contribution >= 4 is 35.5 Å². The van der Waals surface area contributed by atoms with E-state index in [0.717, 1.165) is 28.1 Å². The van der Waals surface area contributed by atoms with Crippen LogP contribution in [0.5, 0.6) is 17.2 Å². The molecule has 0 fully saturated rings. The van der Waals surface area contributed by atoms with Crippen molar-refractivity contribution in [2.75, 3.05) is 19.5 Å². The first kappa shape index (κ1) is 30.7. The number of hydrogen-bond acceptors (Lipinski definition) is 8. The number of nitrogens with zero attached hydrogens (tertiary/aromatic N) is 4. The lowest BCUT2D eigenvalue weighted by atomic mass is 10.2. The van der Waals surface area contributed by atoms with Gasteiger partial charge in [-0.2, -0.15) is 5.10 Å². The minimum Gasteiger partial charge on any atom is -0.494 e. The van der Waals surface area contributed by atoms with Crippen molar-refractivity contribution in [3.05, 3.63) is 113 Å². The molecule has 0 saturated heterocycles. The predicted octanol–water partition coefficient (Wildman–Crippen LogP) is 6.82. The van der Waals surface area contributed by atoms with Gasteiger partial charge in [-0.25, -0.2) is 5.43 Å². The Balaban J connectivity index is 1.25. The Kier molecular flexibility index (Phi) is 10.5. The van der Waals surface area contributed by atoms with Crippen molar-refractivity contribution in [2.45, 2.75) is 18.7 Å². The highest BCUT2D eigenvalue weighted by Gasteiger charge is 2.17. The summed E-state index contributed by atoms with van der Waals surface area (Å²) in [4.78, 5) is 12.7. The number of carbonyl (C=O) groups excluding carboxylic acids is 1. The van der Waals surface area contributed by atoms with E-state index in [1.165, 1.54) is 11.8 Å². The fourth-order valence-electron chi connectivity index (χ4n) is 4.20. The summed E-state index contributed by atoms with van der Waals surface area (Å²) in [6, 6.07) is 30.3. The van der Waals surface area contributed by atoms with Crippen molar-refractivity contribution in [3.8, 4) is 34.3 Å². The number of hydrazone groups is 1. The van der Waals surface area contributed by atoms with Gasteiger partial charge in [-0.1, -0.05) is 53.7 Å². The predicted molar refractivity (Wildman–Crippen MR) is 173 cm³/mol. The molecule has 9 nitrogen and oxygen atoms in total. The zero-order chi connectivity index (χ0) is 30.7. The maximum atomic E-state index is 12.7. The quantitative estimate of drug-likeness (QED) is 0.0869. The molecular weight excluding hydrogens is 598 g/mol. The molecular formula is C33H30ClN5O4S. The van der Waals surface area contributed by atoms with Crippen LogP contribution in [0, 0.1) is 0 Å². The summed E-state index contributed by atoms with van der Waals surface area (Å²) in [6.07, 6.45) is 1.55. The zero-order valence-corrected chi connectivity index (χ0v) is 25.7. The van der Waals surface area contributed by atoms with Gasteiger partial charge in [0.2, 0.25) is 0 Å². The number of methoxy groups -OCH3 is 1. The molecule has 1 amide bonds. The molecule has 0 atom stereocenters. The number of hydrogen-bond donors (Lipinski definition) is 1. The van der Waals surface area contributed by atoms with E-state index < -0.39 is 0 Å². The standard InChI is InChI=1S/C33H30ClN5O4S/c1-3-42-28-16-14-27(15-17-28)39-32(25-10-12-26(34)13-11-25)37-38-33(39)44-22-31(40)36-35-20-24-9-18-29(41-2)30(19-24)43-21-23-7-5-4-6-8-23/h4-20H,3,21-22H2,1-2H3,(H,36,40)/b35-20+. The molecule has 0 aliphatic heterocycles. The molecule has 44 heavy (non-hydrogen) atoms. The van der Waals surface area contributed by atoms with Gasteiger partial charge in [0, 0.05) is 16.3 Å². The highest BCUT2D eigenvalue weighted by molar-refractivity contribution is 7.99. The summed E-state index contributed by atoms with van der Waals surface area (Å²) >= 11 is 7.35. The van der Waals surface area contributed by atoms with Gasteiger partial charge < -0.3 is 14.2 Å². The highest BCUT2D eigenvalue weighted by atomic mass is 35.5. The molecule has 11 heteroatoms. The van der Waals surface area contributed by atoms with Gasteiger partial charge in [0.1, 0.15) is 12.4 Å². The van der Waals surface area contributed by atoms with E-state index in [1.54, 1.807) is 31.5 Å². The van der Waals surface area contributed by atoms with Gasteiger partial charge in [0.25, 0.3) is 5.91 Å². The third kappa shape index (κ3) is 7.97. The lowest BCUT2D eigenvalue weighted by molar-refractivity contribution is -0.118. The SMILES string of the molecule is CCOc1ccc(-n2c(SCC(=O)N/N=C/c3ccc(OC)c(OCc4ccccc4)c3)nnc2-c2ccc(Cl)cc2)cc1. The van der Waals surface area contributed by atoms with Crippen LogP contribution in [0.4, 0.5) is 0 Å². The molecule has 5 rings (SSSR count). The van der Waals surface area contributed by atoms with Crippen molar-refractivity contribution in [1.82, 2.24) is 20.2 Å². The summed E-state index contributed by atoms with van der Waals surface area (Å²) < 4.78 is 18.9. The normalized spacial score (nSPS) is 11.0. The summed E-state index contributed by atoms with van der Waals surface area (Å²) in [7, 11) is 1.59. The maximum Gasteiger partial charge on any atom is 0.250 e. The van der Waals surface area contributed by atoms with Crippen molar-refractivity contribution in [2.24, 2.45) is 5.10 Å². The van der Waals surface area contributed by atoms with Gasteiger partial charge in [-0.3, -0.25) is 9.36 Å². The van der Waals surface area contributed by atoms with Gasteiger partial charge in [-0.15, -0.1) is 10.2 Å². The number of benzene rings is 4. The van der Waals surface area contributed by atoms with E-state index in [2.05, 4.69) is 20.7 Å². The molecule has 0 spiro atoms. The van der Waals surface area contributed by atoms with Crippen LogP contribution in [-0.4, -0.2) is 46.4 Å². The fourth-order valence-corrected chi connectivity index (χ4v) is 5.07. The molecule has 4 aromatic carbocycles. The Bertz CT molecular complexity index is 1710. The molecule has 0 unspecified atom stereocenters. The third-order valence-electron chi connectivity index (χ3n) is 6.30. The Hall–Kier alpha value is -4.80. The van der Waals surface area contributed by atoms with Gasteiger partial charge in [0.05, 0.1) is 25.7 Å². The molecule has 5 aromatic rings. The van der Waals surface area contributed by atoms with E-state index in [0.29, 0.717) is 40.7 Å². The van der Waals surface area contributed by atoms with Crippen LogP contribution in [0.3, 0.4) is 0 Å². The highest BCUT2D eigenvalue weighted by Crippen LogP contribution is 2.30. The summed E-state index contributed by atoms with van der Waals surface area (Å²) in [5, 5.41) is 14.1. The largest absolute Gasteiger partial charge is 0.494 e. The van der Waals surface area contributed by atoms with Crippen molar-refractivity contribution in [1.29, 1.82) is 0 Å². The van der Waals surface area contributed by atoms with E-state index >= 15 is 0 Å². The Morgan fingerprint density at radius 2 is 1.73 bits per heavy atom. The minimum absolute atomic E-state index is 0.0706. The number of nitrogens with one attached hydrogen (secondary N) is 1. The Morgan fingerprint density at radius 1 is 0.955 bits per heavy atom. The van der Waals surface area contributed by atoms with Crippen LogP contribution in [-0.2, 0) is 11.4 Å². The van der Waals surface area contributed by atoms with E-state index in [4.69, 9.17) is 25.8 Å². The number of aromatic nitrogens is 3. The Morgan fingerprint density at radius 3 is 2.45 bits per heavy atom. The average molecular weight is 628 g/mol. The number of thioether (sulfide) groups is 1. The number of amides is 1. The average Bonchev–Trinajstić information content (AvgIpc) is 3.48. The van der Waals surface area contributed by atoms with Gasteiger partial charge in [0.15, 0.2) is 22.5 Å². The van der Waals surface area contributed by atoms with Crippen molar-refractivity contribution in [3.63, 3.8) is 0 Å². The third-order valence-corrected chi connectivity index (χ3v) is 7.48. The summed E-state index contributed by atoms with van der Waals surface area (Å²) in [6.45, 7) is 2.90. The number of halogens is 1. The molecule has 0 radical (unpaired) electrons. The van der Waals surface area contributed by atoms with Crippen LogP contribution in [0.15, 0.2) is 107 Å². The second-order valence-corrected chi connectivity index (χ2v) is 10.7. The lowest BCUT2D eigenvalue weighted by Crippen LogP contribution is -2.20. The molecule has 1 heterocycles. The van der Waals surface area contributed by atoms with E-state index in [9.17, 15) is 4.79 Å². The topological polar surface area (TPSA) is 99.9 Å². The first-order valence-corrected chi connectivity index (χ1v) is 15.1. The first-order valence-electron chi connectivity index (χ1n) is 13.8. The number of carbonyl (C=O) groups is 1. The molecule has 0 aliphatic rings. The van der Waals surface area contributed by atoms with Crippen LogP contribution < -0.4 is 19.6 Å². The second-order valence-electron chi connectivity index (χ2n) is 9.34. The molecule has 0 bridgehead atoms. The zero-order valence-electron chi connectivity index (χ0n) is 24.1. The molecule has 1 aromatic heterocycles. The molecule has 224 valence electrons. The van der Waals surface area contributed by atoms with Gasteiger partial charge in [-0.05, 0) is 84.8 Å². The molecule has 0 saturated carbocycles. The monoisotopic (exact) mass is 627 g/mol. The Labute approximate surface area is 264 Å².